The van der Waals surface area contributed by atoms with E-state index in [1.807, 2.05) is 0 Å². The molecule has 30 heavy (non-hydrogen) atoms. The molecule has 0 aliphatic carbocycles. The molecule has 11 heteroatoms. The van der Waals surface area contributed by atoms with Gasteiger partial charge in [0, 0.05) is 25.6 Å². The fourth-order valence-corrected chi connectivity index (χ4v) is 3.93. The first-order valence-corrected chi connectivity index (χ1v) is 10.9. The maximum Gasteiger partial charge on any atom is 0.262 e. The largest absolute Gasteiger partial charge is 0.495 e. The number of hydrogen-bond acceptors (Lipinski definition) is 6. The second kappa shape index (κ2) is 9.09. The van der Waals surface area contributed by atoms with Crippen molar-refractivity contribution in [1.82, 2.24) is 20.1 Å². The van der Waals surface area contributed by atoms with Gasteiger partial charge in [0.25, 0.3) is 15.9 Å². The van der Waals surface area contributed by atoms with Crippen molar-refractivity contribution in [2.45, 2.75) is 11.3 Å². The molecule has 1 amide bonds. The summed E-state index contributed by atoms with van der Waals surface area (Å²) in [7, 11) is -0.576. The molecule has 3 N–H and O–H groups in total. The number of aromatic nitrogens is 3. The van der Waals surface area contributed by atoms with Gasteiger partial charge < -0.3 is 14.6 Å². The summed E-state index contributed by atoms with van der Waals surface area (Å²) in [5.41, 5.74) is 0.678. The molecular weight excluding hydrogens is 426 g/mol. The van der Waals surface area contributed by atoms with Crippen molar-refractivity contribution in [2.75, 3.05) is 18.4 Å². The van der Waals surface area contributed by atoms with Crippen molar-refractivity contribution in [2.24, 2.45) is 7.05 Å². The van der Waals surface area contributed by atoms with Gasteiger partial charge in [0.2, 0.25) is 0 Å². The number of ether oxygens (including phenoxy) is 1. The number of nitrogens with one attached hydrogen (secondary N) is 3. The number of amides is 1. The minimum Gasteiger partial charge on any atom is -0.495 e. The zero-order chi connectivity index (χ0) is 21.7. The lowest BCUT2D eigenvalue weighted by molar-refractivity contribution is 0.0954. The van der Waals surface area contributed by atoms with E-state index in [1.54, 1.807) is 35.9 Å². The SMILES string of the molecule is COc1ccccc1NS(=O)(=O)c1ccc(C(=O)NCCc2n[nH]c(=S)n2C)cc1. The molecular formula is C19H21N5O4S2. The molecule has 3 rings (SSSR count). The number of hydrogen-bond donors (Lipinski definition) is 3. The van der Waals surface area contributed by atoms with Gasteiger partial charge in [0.05, 0.1) is 17.7 Å². The van der Waals surface area contributed by atoms with Crippen LogP contribution in [0.2, 0.25) is 0 Å². The number of anilines is 1. The van der Waals surface area contributed by atoms with E-state index in [9.17, 15) is 13.2 Å². The summed E-state index contributed by atoms with van der Waals surface area (Å²) in [6, 6.07) is 12.4. The minimum atomic E-state index is -3.83. The molecule has 0 radical (unpaired) electrons. The Kier molecular flexibility index (Phi) is 6.53. The standard InChI is InChI=1S/C19H21N5O4S2/c1-24-17(21-22-19(24)29)11-12-20-18(25)13-7-9-14(10-8-13)30(26,27)23-15-5-3-4-6-16(15)28-2/h3-10,23H,11-12H2,1-2H3,(H,20,25)(H,22,29). The highest BCUT2D eigenvalue weighted by Gasteiger charge is 2.17. The monoisotopic (exact) mass is 447 g/mol. The molecule has 0 unspecified atom stereocenters. The van der Waals surface area contributed by atoms with Crippen LogP contribution in [0.4, 0.5) is 5.69 Å². The third kappa shape index (κ3) is 4.86. The predicted molar refractivity (Wildman–Crippen MR) is 115 cm³/mol. The molecule has 0 saturated carbocycles. The second-order valence-corrected chi connectivity index (χ2v) is 8.41. The number of benzene rings is 2. The van der Waals surface area contributed by atoms with Gasteiger partial charge >= 0.3 is 0 Å². The maximum absolute atomic E-state index is 12.6. The topological polar surface area (TPSA) is 118 Å². The molecule has 0 bridgehead atoms. The van der Waals surface area contributed by atoms with Gasteiger partial charge in [-0.25, -0.2) is 8.42 Å². The molecule has 0 spiro atoms. The highest BCUT2D eigenvalue weighted by atomic mass is 32.2. The summed E-state index contributed by atoms with van der Waals surface area (Å²) in [6.45, 7) is 0.363. The first-order chi connectivity index (χ1) is 14.3. The zero-order valence-electron chi connectivity index (χ0n) is 16.4. The Labute approximate surface area is 179 Å². The molecule has 0 saturated heterocycles. The maximum atomic E-state index is 12.6. The predicted octanol–water partition coefficient (Wildman–Crippen LogP) is 2.26. The fraction of sp³-hybridized carbons (Fsp3) is 0.211. The van der Waals surface area contributed by atoms with Crippen molar-refractivity contribution in [3.63, 3.8) is 0 Å². The van der Waals surface area contributed by atoms with E-state index < -0.39 is 10.0 Å². The second-order valence-electron chi connectivity index (χ2n) is 6.34. The average Bonchev–Trinajstić information content (AvgIpc) is 3.06. The summed E-state index contributed by atoms with van der Waals surface area (Å²) < 4.78 is 35.1. The number of rotatable bonds is 8. The van der Waals surface area contributed by atoms with Crippen molar-refractivity contribution >= 4 is 33.8 Å². The number of methoxy groups -OCH3 is 1. The van der Waals surface area contributed by atoms with E-state index in [-0.39, 0.29) is 10.8 Å². The molecule has 1 heterocycles. The summed E-state index contributed by atoms with van der Waals surface area (Å²) in [5, 5.41) is 9.54. The Bertz CT molecular complexity index is 1200. The molecule has 0 fully saturated rings. The quantitative estimate of drug-likeness (QED) is 0.456. The van der Waals surface area contributed by atoms with Gasteiger partial charge in [-0.15, -0.1) is 0 Å². The van der Waals surface area contributed by atoms with Gasteiger partial charge in [0.15, 0.2) is 4.77 Å². The Balaban J connectivity index is 1.64. The first-order valence-electron chi connectivity index (χ1n) is 8.96. The number of sulfonamides is 1. The van der Waals surface area contributed by atoms with Crippen molar-refractivity contribution in [1.29, 1.82) is 0 Å². The molecule has 0 aliphatic heterocycles. The van der Waals surface area contributed by atoms with Crippen LogP contribution in [0.15, 0.2) is 53.4 Å². The lowest BCUT2D eigenvalue weighted by atomic mass is 10.2. The van der Waals surface area contributed by atoms with Gasteiger partial charge in [-0.2, -0.15) is 5.10 Å². The molecule has 0 aliphatic rings. The van der Waals surface area contributed by atoms with E-state index in [1.165, 1.54) is 31.4 Å². The van der Waals surface area contributed by atoms with Crippen LogP contribution in [0.5, 0.6) is 5.75 Å². The summed E-state index contributed by atoms with van der Waals surface area (Å²) >= 11 is 5.05. The average molecular weight is 448 g/mol. The highest BCUT2D eigenvalue weighted by Crippen LogP contribution is 2.26. The third-order valence-corrected chi connectivity index (χ3v) is 6.13. The Morgan fingerprint density at radius 1 is 1.20 bits per heavy atom. The molecule has 2 aromatic carbocycles. The zero-order valence-corrected chi connectivity index (χ0v) is 18.0. The number of carbonyl (C=O) groups excluding carboxylic acids is 1. The van der Waals surface area contributed by atoms with Gasteiger partial charge in [-0.1, -0.05) is 12.1 Å². The minimum absolute atomic E-state index is 0.0338. The molecule has 0 atom stereocenters. The smallest absolute Gasteiger partial charge is 0.262 e. The lowest BCUT2D eigenvalue weighted by Crippen LogP contribution is -2.26. The Morgan fingerprint density at radius 3 is 2.53 bits per heavy atom. The van der Waals surface area contributed by atoms with Crippen LogP contribution in [0.25, 0.3) is 0 Å². The molecule has 1 aromatic heterocycles. The lowest BCUT2D eigenvalue weighted by Gasteiger charge is -2.12. The number of carbonyl (C=O) groups is 1. The van der Waals surface area contributed by atoms with Gasteiger partial charge in [0.1, 0.15) is 11.6 Å². The van der Waals surface area contributed by atoms with Crippen LogP contribution >= 0.6 is 12.2 Å². The number of H-pyrrole nitrogens is 1. The van der Waals surface area contributed by atoms with E-state index >= 15 is 0 Å². The van der Waals surface area contributed by atoms with Crippen LogP contribution in [0, 0.1) is 4.77 Å². The van der Waals surface area contributed by atoms with E-state index in [4.69, 9.17) is 17.0 Å². The van der Waals surface area contributed by atoms with Crippen LogP contribution < -0.4 is 14.8 Å². The summed E-state index contributed by atoms with van der Waals surface area (Å²) in [6.07, 6.45) is 0.505. The Morgan fingerprint density at radius 2 is 1.90 bits per heavy atom. The molecule has 3 aromatic rings. The van der Waals surface area contributed by atoms with Crippen LogP contribution in [0.1, 0.15) is 16.2 Å². The number of aromatic amines is 1. The fourth-order valence-electron chi connectivity index (χ4n) is 2.71. The third-order valence-electron chi connectivity index (χ3n) is 4.38. The number of para-hydroxylation sites is 2. The number of nitrogens with zero attached hydrogens (tertiary/aromatic N) is 2. The van der Waals surface area contributed by atoms with E-state index in [0.717, 1.165) is 5.82 Å². The molecule has 158 valence electrons. The first kappa shape index (κ1) is 21.5. The van der Waals surface area contributed by atoms with Crippen LogP contribution in [0.3, 0.4) is 0 Å². The van der Waals surface area contributed by atoms with Gasteiger partial charge in [-0.3, -0.25) is 14.6 Å². The normalized spacial score (nSPS) is 11.1. The van der Waals surface area contributed by atoms with Crippen molar-refractivity contribution < 1.29 is 17.9 Å². The van der Waals surface area contributed by atoms with Crippen LogP contribution in [-0.2, 0) is 23.5 Å². The van der Waals surface area contributed by atoms with Crippen molar-refractivity contribution in [3.8, 4) is 5.75 Å². The van der Waals surface area contributed by atoms with E-state index in [0.29, 0.717) is 34.7 Å². The summed E-state index contributed by atoms with van der Waals surface area (Å²) in [4.78, 5) is 12.3. The van der Waals surface area contributed by atoms with Crippen molar-refractivity contribution in [3.05, 3.63) is 64.7 Å². The van der Waals surface area contributed by atoms with Gasteiger partial charge in [-0.05, 0) is 48.6 Å². The molecule has 9 nitrogen and oxygen atoms in total. The summed E-state index contributed by atoms with van der Waals surface area (Å²) in [5.74, 6) is 0.822. The Hall–Kier alpha value is -3.18. The van der Waals surface area contributed by atoms with E-state index in [2.05, 4.69) is 20.2 Å². The van der Waals surface area contributed by atoms with Crippen LogP contribution in [-0.4, -0.2) is 42.7 Å². The highest BCUT2D eigenvalue weighted by molar-refractivity contribution is 7.92.